The maximum absolute atomic E-state index is 12.6. The molecule has 1 amide bonds. The number of imidazole rings is 1. The highest BCUT2D eigenvalue weighted by Crippen LogP contribution is 2.29. The van der Waals surface area contributed by atoms with Crippen LogP contribution in [0.2, 0.25) is 0 Å². The molecule has 1 aliphatic carbocycles. The highest BCUT2D eigenvalue weighted by Gasteiger charge is 2.35. The van der Waals surface area contributed by atoms with Crippen molar-refractivity contribution in [3.8, 4) is 0 Å². The number of nitrogens with one attached hydrogen (secondary N) is 1. The summed E-state index contributed by atoms with van der Waals surface area (Å²) in [6.07, 6.45) is 8.08. The molecule has 1 N–H and O–H groups in total. The quantitative estimate of drug-likeness (QED) is 0.929. The lowest BCUT2D eigenvalue weighted by atomic mass is 9.96. The number of hydrogen-bond donors (Lipinski definition) is 1. The molecule has 7 heteroatoms. The lowest BCUT2D eigenvalue weighted by Crippen LogP contribution is -2.38. The van der Waals surface area contributed by atoms with Gasteiger partial charge in [0, 0.05) is 38.0 Å². The fraction of sp³-hybridized carbons (Fsp3) is 0.562. The Labute approximate surface area is 134 Å². The second-order valence-corrected chi connectivity index (χ2v) is 6.20. The summed E-state index contributed by atoms with van der Waals surface area (Å²) in [7, 11) is 1.93. The van der Waals surface area contributed by atoms with Crippen molar-refractivity contribution in [3.63, 3.8) is 0 Å². The molecule has 0 radical (unpaired) electrons. The van der Waals surface area contributed by atoms with Gasteiger partial charge in [-0.2, -0.15) is 0 Å². The van der Waals surface area contributed by atoms with Gasteiger partial charge in [-0.15, -0.1) is 0 Å². The van der Waals surface area contributed by atoms with E-state index >= 15 is 0 Å². The molecular formula is C16H20N4O3. The Balaban J connectivity index is 1.52. The van der Waals surface area contributed by atoms with Crippen molar-refractivity contribution in [2.75, 3.05) is 6.61 Å². The van der Waals surface area contributed by atoms with Gasteiger partial charge in [-0.05, 0) is 25.7 Å². The summed E-state index contributed by atoms with van der Waals surface area (Å²) in [5.74, 6) is 1.52. The van der Waals surface area contributed by atoms with Gasteiger partial charge in [-0.25, -0.2) is 4.98 Å². The smallest absolute Gasteiger partial charge is 0.274 e. The molecule has 1 aliphatic heterocycles. The summed E-state index contributed by atoms with van der Waals surface area (Å²) < 4.78 is 13.0. The molecule has 0 saturated carbocycles. The fourth-order valence-electron chi connectivity index (χ4n) is 3.44. The number of fused-ring (bicyclic) bond motifs is 1. The first kappa shape index (κ1) is 14.4. The van der Waals surface area contributed by atoms with Crippen LogP contribution < -0.4 is 5.32 Å². The molecule has 0 aromatic carbocycles. The molecule has 0 bridgehead atoms. The number of nitrogens with zero attached hydrogens (tertiary/aromatic N) is 3. The first-order valence-corrected chi connectivity index (χ1v) is 8.11. The lowest BCUT2D eigenvalue weighted by molar-refractivity contribution is 0.0773. The molecule has 0 unspecified atom stereocenters. The number of amides is 1. The van der Waals surface area contributed by atoms with Crippen molar-refractivity contribution < 1.29 is 14.1 Å². The van der Waals surface area contributed by atoms with Crippen LogP contribution in [0, 0.1) is 0 Å². The molecule has 1 saturated heterocycles. The van der Waals surface area contributed by atoms with Crippen LogP contribution in [0.4, 0.5) is 0 Å². The minimum Gasteiger partial charge on any atom is -0.368 e. The zero-order valence-electron chi connectivity index (χ0n) is 13.1. The predicted molar refractivity (Wildman–Crippen MR) is 80.9 cm³/mol. The largest absolute Gasteiger partial charge is 0.368 e. The standard InChI is InChI=1S/C16H20N4O3/c1-20-8-7-17-15(20)14-11(6-9-22-14)18-16(21)13-10-4-2-3-5-12(10)23-19-13/h7-8,11,14H,2-6,9H2,1H3,(H,18,21)/t11-,14-/m0/s1. The summed E-state index contributed by atoms with van der Waals surface area (Å²) >= 11 is 0. The molecule has 23 heavy (non-hydrogen) atoms. The highest BCUT2D eigenvalue weighted by molar-refractivity contribution is 5.94. The highest BCUT2D eigenvalue weighted by atomic mass is 16.5. The third kappa shape index (κ3) is 2.55. The Hall–Kier alpha value is -2.15. The number of carbonyl (C=O) groups is 1. The van der Waals surface area contributed by atoms with Gasteiger partial charge in [0.15, 0.2) is 5.69 Å². The molecule has 2 aromatic heterocycles. The van der Waals surface area contributed by atoms with Gasteiger partial charge in [0.25, 0.3) is 5.91 Å². The summed E-state index contributed by atoms with van der Waals surface area (Å²) in [5, 5.41) is 7.05. The summed E-state index contributed by atoms with van der Waals surface area (Å²) in [6.45, 7) is 0.611. The van der Waals surface area contributed by atoms with E-state index in [1.807, 2.05) is 17.8 Å². The number of aromatic nitrogens is 3. The predicted octanol–water partition coefficient (Wildman–Crippen LogP) is 1.55. The van der Waals surface area contributed by atoms with Gasteiger partial charge in [0.1, 0.15) is 17.7 Å². The number of hydrogen-bond acceptors (Lipinski definition) is 5. The topological polar surface area (TPSA) is 82.2 Å². The third-order valence-electron chi connectivity index (χ3n) is 4.69. The SMILES string of the molecule is Cn1ccnc1[C@H]1OCC[C@@H]1NC(=O)c1noc2c1CCCC2. The van der Waals surface area contributed by atoms with Crippen LogP contribution in [-0.4, -0.2) is 33.3 Å². The van der Waals surface area contributed by atoms with Crippen LogP contribution in [0.25, 0.3) is 0 Å². The summed E-state index contributed by atoms with van der Waals surface area (Å²) in [6, 6.07) is -0.0976. The zero-order valence-corrected chi connectivity index (χ0v) is 13.1. The van der Waals surface area contributed by atoms with Crippen LogP contribution in [0.3, 0.4) is 0 Å². The molecule has 2 aromatic rings. The van der Waals surface area contributed by atoms with Crippen molar-refractivity contribution in [1.29, 1.82) is 0 Å². The van der Waals surface area contributed by atoms with Gasteiger partial charge < -0.3 is 19.1 Å². The second-order valence-electron chi connectivity index (χ2n) is 6.20. The molecule has 2 atom stereocenters. The third-order valence-corrected chi connectivity index (χ3v) is 4.69. The van der Waals surface area contributed by atoms with Crippen molar-refractivity contribution in [1.82, 2.24) is 20.0 Å². The summed E-state index contributed by atoms with van der Waals surface area (Å²) in [5.41, 5.74) is 1.41. The summed E-state index contributed by atoms with van der Waals surface area (Å²) in [4.78, 5) is 17.0. The van der Waals surface area contributed by atoms with Gasteiger partial charge in [0.05, 0.1) is 6.04 Å². The Morgan fingerprint density at radius 3 is 3.09 bits per heavy atom. The van der Waals surface area contributed by atoms with Crippen LogP contribution in [-0.2, 0) is 24.6 Å². The van der Waals surface area contributed by atoms with E-state index in [4.69, 9.17) is 9.26 Å². The number of rotatable bonds is 3. The molecule has 3 heterocycles. The Morgan fingerprint density at radius 1 is 1.39 bits per heavy atom. The van der Waals surface area contributed by atoms with Crippen LogP contribution in [0.1, 0.15) is 53.0 Å². The molecule has 1 fully saturated rings. The van der Waals surface area contributed by atoms with Crippen molar-refractivity contribution in [3.05, 3.63) is 35.2 Å². The molecular weight excluding hydrogens is 296 g/mol. The van der Waals surface area contributed by atoms with Crippen molar-refractivity contribution in [2.45, 2.75) is 44.2 Å². The van der Waals surface area contributed by atoms with E-state index in [9.17, 15) is 4.79 Å². The lowest BCUT2D eigenvalue weighted by Gasteiger charge is -2.19. The Morgan fingerprint density at radius 2 is 2.26 bits per heavy atom. The molecule has 2 aliphatic rings. The van der Waals surface area contributed by atoms with E-state index < -0.39 is 0 Å². The number of ether oxygens (including phenoxy) is 1. The average molecular weight is 316 g/mol. The molecule has 122 valence electrons. The van der Waals surface area contributed by atoms with Crippen LogP contribution in [0.5, 0.6) is 0 Å². The van der Waals surface area contributed by atoms with E-state index in [1.54, 1.807) is 6.20 Å². The zero-order chi connectivity index (χ0) is 15.8. The normalized spacial score (nSPS) is 23.7. The molecule has 0 spiro atoms. The maximum atomic E-state index is 12.6. The minimum atomic E-state index is -0.221. The van der Waals surface area contributed by atoms with E-state index in [0.717, 1.165) is 49.3 Å². The first-order valence-electron chi connectivity index (χ1n) is 8.11. The second kappa shape index (κ2) is 5.81. The first-order chi connectivity index (χ1) is 11.2. The molecule has 4 rings (SSSR count). The Bertz CT molecular complexity index is 721. The van der Waals surface area contributed by atoms with Gasteiger partial charge >= 0.3 is 0 Å². The van der Waals surface area contributed by atoms with Gasteiger partial charge in [-0.1, -0.05) is 5.16 Å². The minimum absolute atomic E-state index is 0.0976. The van der Waals surface area contributed by atoms with Crippen LogP contribution in [0.15, 0.2) is 16.9 Å². The maximum Gasteiger partial charge on any atom is 0.274 e. The van der Waals surface area contributed by atoms with E-state index in [0.29, 0.717) is 12.3 Å². The van der Waals surface area contributed by atoms with Gasteiger partial charge in [-0.3, -0.25) is 4.79 Å². The average Bonchev–Trinajstić information content (AvgIpc) is 3.26. The number of carbonyl (C=O) groups excluding carboxylic acids is 1. The fourth-order valence-corrected chi connectivity index (χ4v) is 3.44. The number of aryl methyl sites for hydroxylation is 2. The monoisotopic (exact) mass is 316 g/mol. The van der Waals surface area contributed by atoms with Crippen molar-refractivity contribution in [2.24, 2.45) is 7.05 Å². The van der Waals surface area contributed by atoms with Crippen molar-refractivity contribution >= 4 is 5.91 Å². The Kier molecular flexibility index (Phi) is 3.65. The van der Waals surface area contributed by atoms with Gasteiger partial charge in [0.2, 0.25) is 0 Å². The van der Waals surface area contributed by atoms with E-state index in [2.05, 4.69) is 15.5 Å². The van der Waals surface area contributed by atoms with Crippen LogP contribution >= 0.6 is 0 Å². The van der Waals surface area contributed by atoms with E-state index in [1.165, 1.54) is 0 Å². The molecule has 7 nitrogen and oxygen atoms in total. The van der Waals surface area contributed by atoms with E-state index in [-0.39, 0.29) is 18.1 Å².